The molecule has 0 spiro atoms. The van der Waals surface area contributed by atoms with Gasteiger partial charge in [0.05, 0.1) is 5.92 Å². The van der Waals surface area contributed by atoms with Crippen LogP contribution in [0.4, 0.5) is 13.2 Å². The monoisotopic (exact) mass is 252 g/mol. The highest BCUT2D eigenvalue weighted by Gasteiger charge is 2.41. The zero-order chi connectivity index (χ0) is 13.1. The maximum Gasteiger partial charge on any atom is 0.391 e. The molecule has 0 heterocycles. The van der Waals surface area contributed by atoms with Gasteiger partial charge in [-0.05, 0) is 32.6 Å². The van der Waals surface area contributed by atoms with Gasteiger partial charge in [-0.3, -0.25) is 9.59 Å². The van der Waals surface area contributed by atoms with Gasteiger partial charge < -0.3 is 4.74 Å². The van der Waals surface area contributed by atoms with Crippen LogP contribution in [0.2, 0.25) is 0 Å². The SMILES string of the molecule is CC(=O)CC(=O)OC1CCC(C(F)(F)F)CC1. The number of ether oxygens (including phenoxy) is 1. The molecular weight excluding hydrogens is 237 g/mol. The van der Waals surface area contributed by atoms with Crippen LogP contribution < -0.4 is 0 Å². The lowest BCUT2D eigenvalue weighted by atomic mass is 9.87. The van der Waals surface area contributed by atoms with Crippen LogP contribution in [0.25, 0.3) is 0 Å². The number of carbonyl (C=O) groups excluding carboxylic acids is 2. The zero-order valence-electron chi connectivity index (χ0n) is 9.55. The number of esters is 1. The van der Waals surface area contributed by atoms with Crippen molar-refractivity contribution in [1.82, 2.24) is 0 Å². The summed E-state index contributed by atoms with van der Waals surface area (Å²) in [6, 6.07) is 0. The fourth-order valence-electron chi connectivity index (χ4n) is 1.94. The second kappa shape index (κ2) is 5.51. The van der Waals surface area contributed by atoms with Gasteiger partial charge in [0.15, 0.2) is 0 Å². The molecule has 1 saturated carbocycles. The van der Waals surface area contributed by atoms with Crippen LogP contribution in [0.5, 0.6) is 0 Å². The van der Waals surface area contributed by atoms with E-state index in [9.17, 15) is 22.8 Å². The van der Waals surface area contributed by atoms with E-state index in [0.29, 0.717) is 0 Å². The first-order chi connectivity index (χ1) is 7.79. The molecule has 17 heavy (non-hydrogen) atoms. The molecule has 0 unspecified atom stereocenters. The largest absolute Gasteiger partial charge is 0.462 e. The van der Waals surface area contributed by atoms with Crippen molar-refractivity contribution < 1.29 is 27.5 Å². The van der Waals surface area contributed by atoms with Crippen molar-refractivity contribution in [2.45, 2.75) is 51.3 Å². The normalized spacial score (nSPS) is 25.4. The Kier molecular flexibility index (Phi) is 4.54. The summed E-state index contributed by atoms with van der Waals surface area (Å²) in [5, 5.41) is 0. The number of alkyl halides is 3. The minimum atomic E-state index is -4.16. The molecule has 0 aromatic rings. The zero-order valence-corrected chi connectivity index (χ0v) is 9.55. The van der Waals surface area contributed by atoms with E-state index < -0.39 is 24.2 Å². The third kappa shape index (κ3) is 4.75. The number of carbonyl (C=O) groups is 2. The van der Waals surface area contributed by atoms with Gasteiger partial charge in [-0.1, -0.05) is 0 Å². The standard InChI is InChI=1S/C11H15F3O3/c1-7(15)6-10(16)17-9-4-2-8(3-5-9)11(12,13)14/h8-9H,2-6H2,1H3. The second-order valence-electron chi connectivity index (χ2n) is 4.38. The number of hydrogen-bond acceptors (Lipinski definition) is 3. The highest BCUT2D eigenvalue weighted by molar-refractivity contribution is 5.94. The molecule has 0 radical (unpaired) electrons. The Hall–Kier alpha value is -1.07. The number of halogens is 3. The Morgan fingerprint density at radius 1 is 1.18 bits per heavy atom. The fourth-order valence-corrected chi connectivity index (χ4v) is 1.94. The molecule has 0 aliphatic heterocycles. The lowest BCUT2D eigenvalue weighted by molar-refractivity contribution is -0.188. The molecular formula is C11H15F3O3. The Labute approximate surface area is 97.3 Å². The summed E-state index contributed by atoms with van der Waals surface area (Å²) >= 11 is 0. The van der Waals surface area contributed by atoms with Crippen LogP contribution >= 0.6 is 0 Å². The van der Waals surface area contributed by atoms with Crippen LogP contribution in [0.1, 0.15) is 39.0 Å². The van der Waals surface area contributed by atoms with Gasteiger partial charge in [0.2, 0.25) is 0 Å². The van der Waals surface area contributed by atoms with Crippen LogP contribution in [0.3, 0.4) is 0 Å². The third-order valence-corrected chi connectivity index (χ3v) is 2.83. The number of ketones is 1. The maximum atomic E-state index is 12.4. The molecule has 6 heteroatoms. The quantitative estimate of drug-likeness (QED) is 0.573. The van der Waals surface area contributed by atoms with E-state index >= 15 is 0 Å². The second-order valence-corrected chi connectivity index (χ2v) is 4.38. The van der Waals surface area contributed by atoms with E-state index in [1.165, 1.54) is 6.92 Å². The van der Waals surface area contributed by atoms with Gasteiger partial charge in [-0.15, -0.1) is 0 Å². The van der Waals surface area contributed by atoms with E-state index in [4.69, 9.17) is 4.74 Å². The average Bonchev–Trinajstić information content (AvgIpc) is 2.15. The van der Waals surface area contributed by atoms with Crippen molar-refractivity contribution in [2.75, 3.05) is 0 Å². The lowest BCUT2D eigenvalue weighted by Gasteiger charge is -2.29. The van der Waals surface area contributed by atoms with Crippen molar-refractivity contribution in [3.05, 3.63) is 0 Å². The number of rotatable bonds is 3. The summed E-state index contributed by atoms with van der Waals surface area (Å²) in [5.74, 6) is -2.24. The predicted molar refractivity (Wildman–Crippen MR) is 53.2 cm³/mol. The number of hydrogen-bond donors (Lipinski definition) is 0. The Balaban J connectivity index is 2.33. The summed E-state index contributed by atoms with van der Waals surface area (Å²) in [6.07, 6.45) is -4.53. The summed E-state index contributed by atoms with van der Waals surface area (Å²) in [5.41, 5.74) is 0. The molecule has 0 saturated heterocycles. The Bertz CT molecular complexity index is 291. The van der Waals surface area contributed by atoms with E-state index in [-0.39, 0.29) is 37.9 Å². The molecule has 0 amide bonds. The first kappa shape index (κ1) is 14.0. The van der Waals surface area contributed by atoms with Crippen LogP contribution in [0, 0.1) is 5.92 Å². The van der Waals surface area contributed by atoms with Gasteiger partial charge in [0.1, 0.15) is 18.3 Å². The minimum Gasteiger partial charge on any atom is -0.462 e. The molecule has 1 fully saturated rings. The summed E-state index contributed by atoms with van der Waals surface area (Å²) in [7, 11) is 0. The molecule has 0 aromatic carbocycles. The van der Waals surface area contributed by atoms with E-state index in [0.717, 1.165) is 0 Å². The highest BCUT2D eigenvalue weighted by Crippen LogP contribution is 2.38. The predicted octanol–water partition coefficient (Wildman–Crippen LogP) is 2.63. The van der Waals surface area contributed by atoms with Crippen molar-refractivity contribution in [3.63, 3.8) is 0 Å². The first-order valence-electron chi connectivity index (χ1n) is 5.54. The smallest absolute Gasteiger partial charge is 0.391 e. The van der Waals surface area contributed by atoms with Crippen molar-refractivity contribution in [1.29, 1.82) is 0 Å². The minimum absolute atomic E-state index is 0.0124. The molecule has 3 nitrogen and oxygen atoms in total. The maximum absolute atomic E-state index is 12.4. The topological polar surface area (TPSA) is 43.4 Å². The van der Waals surface area contributed by atoms with Crippen molar-refractivity contribution >= 4 is 11.8 Å². The van der Waals surface area contributed by atoms with E-state index in [1.807, 2.05) is 0 Å². The number of Topliss-reactive ketones (excluding diaryl/α,β-unsaturated/α-hetero) is 1. The molecule has 0 aromatic heterocycles. The molecule has 98 valence electrons. The first-order valence-corrected chi connectivity index (χ1v) is 5.54. The molecule has 1 aliphatic carbocycles. The summed E-state index contributed by atoms with van der Waals surface area (Å²) < 4.78 is 42.0. The van der Waals surface area contributed by atoms with E-state index in [2.05, 4.69) is 0 Å². The van der Waals surface area contributed by atoms with Gasteiger partial charge in [-0.25, -0.2) is 0 Å². The van der Waals surface area contributed by atoms with E-state index in [1.54, 1.807) is 0 Å². The molecule has 1 aliphatic rings. The Morgan fingerprint density at radius 2 is 1.71 bits per heavy atom. The van der Waals surface area contributed by atoms with Gasteiger partial charge in [0, 0.05) is 0 Å². The lowest BCUT2D eigenvalue weighted by Crippen LogP contribution is -2.31. The fraction of sp³-hybridized carbons (Fsp3) is 0.818. The average molecular weight is 252 g/mol. The third-order valence-electron chi connectivity index (χ3n) is 2.83. The van der Waals surface area contributed by atoms with Crippen molar-refractivity contribution in [2.24, 2.45) is 5.92 Å². The highest BCUT2D eigenvalue weighted by atomic mass is 19.4. The van der Waals surface area contributed by atoms with Crippen LogP contribution in [0.15, 0.2) is 0 Å². The van der Waals surface area contributed by atoms with Crippen LogP contribution in [-0.4, -0.2) is 24.0 Å². The van der Waals surface area contributed by atoms with Gasteiger partial charge >= 0.3 is 12.1 Å². The van der Waals surface area contributed by atoms with Crippen LogP contribution in [-0.2, 0) is 14.3 Å². The Morgan fingerprint density at radius 3 is 2.12 bits per heavy atom. The van der Waals surface area contributed by atoms with Gasteiger partial charge in [0.25, 0.3) is 0 Å². The molecule has 0 bridgehead atoms. The van der Waals surface area contributed by atoms with Gasteiger partial charge in [-0.2, -0.15) is 13.2 Å². The molecule has 1 rings (SSSR count). The molecule has 0 atom stereocenters. The van der Waals surface area contributed by atoms with Crippen molar-refractivity contribution in [3.8, 4) is 0 Å². The summed E-state index contributed by atoms with van der Waals surface area (Å²) in [6.45, 7) is 1.27. The molecule has 0 N–H and O–H groups in total. The summed E-state index contributed by atoms with van der Waals surface area (Å²) in [4.78, 5) is 21.8.